The smallest absolute Gasteiger partial charge is 0.293 e. The van der Waals surface area contributed by atoms with Crippen LogP contribution in [0.5, 0.6) is 0 Å². The minimum Gasteiger partial charge on any atom is -0.293 e. The van der Waals surface area contributed by atoms with Crippen LogP contribution in [0.1, 0.15) is 18.2 Å². The number of rotatable bonds is 6. The first-order valence-electron chi connectivity index (χ1n) is 8.85. The Morgan fingerprint density at radius 1 is 0.903 bits per heavy atom. The molecule has 13 nitrogen and oxygen atoms in total. The van der Waals surface area contributed by atoms with Crippen molar-refractivity contribution in [1.82, 2.24) is 19.8 Å². The van der Waals surface area contributed by atoms with Crippen LogP contribution >= 0.6 is 0 Å². The molecule has 1 aromatic heterocycles. The Labute approximate surface area is 173 Å². The summed E-state index contributed by atoms with van der Waals surface area (Å²) in [6.07, 6.45) is 1.23. The molecule has 13 heteroatoms. The lowest BCUT2D eigenvalue weighted by atomic mass is 10.1. The molecule has 1 aliphatic rings. The number of hydrazine groups is 1. The molecule has 1 fully saturated rings. The largest absolute Gasteiger partial charge is 0.301 e. The first kappa shape index (κ1) is 19.6. The summed E-state index contributed by atoms with van der Waals surface area (Å²) < 4.78 is 1.47. The summed E-state index contributed by atoms with van der Waals surface area (Å²) in [6.45, 7) is 0. The third-order valence-corrected chi connectivity index (χ3v) is 4.65. The van der Waals surface area contributed by atoms with E-state index in [4.69, 9.17) is 0 Å². The molecule has 1 saturated heterocycles. The standard InChI is InChI=1S/C18H13N7O6/c26-16-9-17(27)23(18(21-10-19-20-11-21)12-4-2-1-3-5-12)22(16)14-7-6-13(24(28)29)8-15(14)25(30)31/h1-8,10-11,18H,9H2. The maximum atomic E-state index is 12.9. The van der Waals surface area contributed by atoms with Gasteiger partial charge in [-0.15, -0.1) is 10.2 Å². The summed E-state index contributed by atoms with van der Waals surface area (Å²) in [5.41, 5.74) is -0.878. The summed E-state index contributed by atoms with van der Waals surface area (Å²) in [5, 5.41) is 32.1. The molecule has 31 heavy (non-hydrogen) atoms. The van der Waals surface area contributed by atoms with Crippen LogP contribution in [0.25, 0.3) is 0 Å². The predicted octanol–water partition coefficient (Wildman–Crippen LogP) is 1.82. The van der Waals surface area contributed by atoms with Crippen LogP contribution in [-0.4, -0.2) is 41.4 Å². The summed E-state index contributed by atoms with van der Waals surface area (Å²) in [4.78, 5) is 46.7. The molecule has 0 radical (unpaired) electrons. The normalized spacial score (nSPS) is 14.7. The Morgan fingerprint density at radius 3 is 2.19 bits per heavy atom. The SMILES string of the molecule is O=C1CC(=O)N(C(c2ccccc2)n2cnnc2)N1c1ccc([N+](=O)[O-])cc1[N+](=O)[O-]. The van der Waals surface area contributed by atoms with Crippen molar-refractivity contribution in [2.24, 2.45) is 0 Å². The van der Waals surface area contributed by atoms with Crippen molar-refractivity contribution in [2.75, 3.05) is 5.01 Å². The molecule has 0 aliphatic carbocycles. The van der Waals surface area contributed by atoms with Crippen molar-refractivity contribution in [3.05, 3.63) is 87.0 Å². The van der Waals surface area contributed by atoms with Crippen molar-refractivity contribution < 1.29 is 19.4 Å². The van der Waals surface area contributed by atoms with Gasteiger partial charge in [0.1, 0.15) is 24.8 Å². The molecule has 3 aromatic rings. The van der Waals surface area contributed by atoms with E-state index in [0.29, 0.717) is 5.56 Å². The predicted molar refractivity (Wildman–Crippen MR) is 103 cm³/mol. The lowest BCUT2D eigenvalue weighted by molar-refractivity contribution is -0.393. The molecule has 1 atom stereocenters. The average Bonchev–Trinajstić information content (AvgIpc) is 3.37. The molecule has 0 N–H and O–H groups in total. The highest BCUT2D eigenvalue weighted by atomic mass is 16.6. The monoisotopic (exact) mass is 423 g/mol. The number of hydrogen-bond acceptors (Lipinski definition) is 8. The van der Waals surface area contributed by atoms with E-state index >= 15 is 0 Å². The Morgan fingerprint density at radius 2 is 1.58 bits per heavy atom. The number of benzene rings is 2. The second-order valence-corrected chi connectivity index (χ2v) is 6.50. The van der Waals surface area contributed by atoms with Crippen LogP contribution in [0.4, 0.5) is 17.1 Å². The molecule has 4 rings (SSSR count). The summed E-state index contributed by atoms with van der Waals surface area (Å²) in [5.74, 6) is -1.32. The van der Waals surface area contributed by atoms with E-state index in [0.717, 1.165) is 28.2 Å². The Bertz CT molecular complexity index is 1180. The maximum absolute atomic E-state index is 12.9. The van der Waals surface area contributed by atoms with Gasteiger partial charge < -0.3 is 0 Å². The van der Waals surface area contributed by atoms with E-state index in [2.05, 4.69) is 10.2 Å². The zero-order valence-electron chi connectivity index (χ0n) is 15.6. The topological polar surface area (TPSA) is 158 Å². The molecule has 2 heterocycles. The number of aromatic nitrogens is 3. The first-order valence-corrected chi connectivity index (χ1v) is 8.85. The fourth-order valence-corrected chi connectivity index (χ4v) is 3.36. The van der Waals surface area contributed by atoms with Crippen LogP contribution < -0.4 is 5.01 Å². The van der Waals surface area contributed by atoms with E-state index in [9.17, 15) is 29.8 Å². The van der Waals surface area contributed by atoms with E-state index in [1.54, 1.807) is 30.3 Å². The number of nitrogens with zero attached hydrogens (tertiary/aromatic N) is 7. The van der Waals surface area contributed by atoms with Gasteiger partial charge in [0, 0.05) is 6.07 Å². The molecule has 156 valence electrons. The molecule has 1 unspecified atom stereocenters. The average molecular weight is 423 g/mol. The molecule has 0 saturated carbocycles. The van der Waals surface area contributed by atoms with Crippen LogP contribution in [-0.2, 0) is 9.59 Å². The van der Waals surface area contributed by atoms with Gasteiger partial charge in [-0.05, 0) is 11.6 Å². The number of carbonyl (C=O) groups is 2. The zero-order chi connectivity index (χ0) is 22.1. The number of anilines is 1. The lowest BCUT2D eigenvalue weighted by Gasteiger charge is -2.34. The van der Waals surface area contributed by atoms with Gasteiger partial charge in [0.2, 0.25) is 0 Å². The fourth-order valence-electron chi connectivity index (χ4n) is 3.36. The fraction of sp³-hybridized carbons (Fsp3) is 0.111. The van der Waals surface area contributed by atoms with Crippen LogP contribution in [0, 0.1) is 20.2 Å². The quantitative estimate of drug-likeness (QED) is 0.330. The van der Waals surface area contributed by atoms with Crippen LogP contribution in [0.2, 0.25) is 0 Å². The van der Waals surface area contributed by atoms with Gasteiger partial charge in [0.05, 0.1) is 15.9 Å². The first-order chi connectivity index (χ1) is 14.9. The van der Waals surface area contributed by atoms with Gasteiger partial charge in [0.25, 0.3) is 17.5 Å². The minimum atomic E-state index is -0.926. The number of amides is 2. The van der Waals surface area contributed by atoms with Gasteiger partial charge in [-0.2, -0.15) is 0 Å². The number of non-ortho nitro benzene ring substituents is 1. The molecule has 1 aliphatic heterocycles. The zero-order valence-corrected chi connectivity index (χ0v) is 15.6. The van der Waals surface area contributed by atoms with Crippen molar-refractivity contribution in [3.8, 4) is 0 Å². The second kappa shape index (κ2) is 7.62. The molecule has 0 bridgehead atoms. The number of nitro groups is 2. The Kier molecular flexibility index (Phi) is 4.83. The molecular weight excluding hydrogens is 410 g/mol. The molecular formula is C18H13N7O6. The van der Waals surface area contributed by atoms with Gasteiger partial charge in [-0.3, -0.25) is 34.4 Å². The van der Waals surface area contributed by atoms with Crippen molar-refractivity contribution in [2.45, 2.75) is 12.6 Å². The summed E-state index contributed by atoms with van der Waals surface area (Å²) >= 11 is 0. The summed E-state index contributed by atoms with van der Waals surface area (Å²) in [6, 6.07) is 11.5. The van der Waals surface area contributed by atoms with Gasteiger partial charge in [-0.25, -0.2) is 10.0 Å². The van der Waals surface area contributed by atoms with Crippen LogP contribution in [0.15, 0.2) is 61.2 Å². The lowest BCUT2D eigenvalue weighted by Crippen LogP contribution is -2.46. The Hall–Kier alpha value is -4.68. The van der Waals surface area contributed by atoms with Crippen LogP contribution in [0.3, 0.4) is 0 Å². The van der Waals surface area contributed by atoms with E-state index in [1.165, 1.54) is 17.2 Å². The summed E-state index contributed by atoms with van der Waals surface area (Å²) in [7, 11) is 0. The van der Waals surface area contributed by atoms with Crippen molar-refractivity contribution in [1.29, 1.82) is 0 Å². The van der Waals surface area contributed by atoms with E-state index in [-0.39, 0.29) is 5.69 Å². The third kappa shape index (κ3) is 3.43. The van der Waals surface area contributed by atoms with E-state index in [1.807, 2.05) is 0 Å². The van der Waals surface area contributed by atoms with Crippen molar-refractivity contribution in [3.63, 3.8) is 0 Å². The number of hydrogen-bond donors (Lipinski definition) is 0. The number of nitro benzene ring substituents is 2. The number of carbonyl (C=O) groups excluding carboxylic acids is 2. The highest BCUT2D eigenvalue weighted by Crippen LogP contribution is 2.39. The van der Waals surface area contributed by atoms with Gasteiger partial charge >= 0.3 is 5.69 Å². The van der Waals surface area contributed by atoms with Gasteiger partial charge in [-0.1, -0.05) is 30.3 Å². The molecule has 0 spiro atoms. The highest BCUT2D eigenvalue weighted by Gasteiger charge is 2.45. The maximum Gasteiger partial charge on any atom is 0.301 e. The molecule has 2 amide bonds. The third-order valence-electron chi connectivity index (χ3n) is 4.65. The second-order valence-electron chi connectivity index (χ2n) is 6.50. The van der Waals surface area contributed by atoms with E-state index < -0.39 is 45.6 Å². The van der Waals surface area contributed by atoms with Crippen molar-refractivity contribution >= 4 is 28.9 Å². The minimum absolute atomic E-state index is 0.263. The highest BCUT2D eigenvalue weighted by molar-refractivity contribution is 6.12. The Balaban J connectivity index is 1.90. The van der Waals surface area contributed by atoms with Gasteiger partial charge in [0.15, 0.2) is 6.17 Å². The molecule has 2 aromatic carbocycles.